The molecule has 2 N–H and O–H groups in total. The molecule has 2 fully saturated rings. The van der Waals surface area contributed by atoms with Gasteiger partial charge in [-0.05, 0) is 25.0 Å². The van der Waals surface area contributed by atoms with Crippen LogP contribution in [0, 0.1) is 0 Å². The molecule has 0 radical (unpaired) electrons. The van der Waals surface area contributed by atoms with Gasteiger partial charge in [-0.25, -0.2) is 9.79 Å². The van der Waals surface area contributed by atoms with E-state index in [2.05, 4.69) is 15.9 Å². The van der Waals surface area contributed by atoms with Gasteiger partial charge in [0.2, 0.25) is 0 Å². The molecule has 1 saturated heterocycles. The summed E-state index contributed by atoms with van der Waals surface area (Å²) in [6.07, 6.45) is 6.33. The van der Waals surface area contributed by atoms with Gasteiger partial charge in [0.05, 0.1) is 0 Å². The van der Waals surface area contributed by atoms with Crippen molar-refractivity contribution in [3.63, 3.8) is 0 Å². The van der Waals surface area contributed by atoms with Crippen LogP contribution in [-0.4, -0.2) is 41.6 Å². The van der Waals surface area contributed by atoms with Crippen molar-refractivity contribution < 1.29 is 19.2 Å². The van der Waals surface area contributed by atoms with E-state index >= 15 is 0 Å². The molecule has 0 spiro atoms. The Hall–Kier alpha value is -3.00. The fourth-order valence-corrected chi connectivity index (χ4v) is 3.04. The third-order valence-corrected chi connectivity index (χ3v) is 4.53. The second kappa shape index (κ2) is 8.59. The van der Waals surface area contributed by atoms with Crippen LogP contribution in [0.5, 0.6) is 0 Å². The number of hydrazine groups is 1. The molecular formula is C19H22N4O4. The highest BCUT2D eigenvalue weighted by atomic mass is 16.7. The molecule has 8 nitrogen and oxygen atoms in total. The molecular weight excluding hydrogens is 348 g/mol. The zero-order valence-corrected chi connectivity index (χ0v) is 15.1. The monoisotopic (exact) mass is 370 g/mol. The lowest BCUT2D eigenvalue weighted by Gasteiger charge is -2.22. The molecule has 0 aromatic heterocycles. The SMILES string of the molecule is CN1NOC(=O)/C1=C/C(=NC(=O)c1ccccc1)C(=O)NC1CCCCC1. The Bertz CT molecular complexity index is 782. The summed E-state index contributed by atoms with van der Waals surface area (Å²) in [5, 5.41) is 4.24. The van der Waals surface area contributed by atoms with Gasteiger partial charge in [0.15, 0.2) is 0 Å². The molecule has 1 aromatic carbocycles. The molecule has 1 aliphatic heterocycles. The molecule has 0 unspecified atom stereocenters. The average Bonchev–Trinajstić information content (AvgIpc) is 3.00. The summed E-state index contributed by atoms with van der Waals surface area (Å²) in [7, 11) is 1.56. The summed E-state index contributed by atoms with van der Waals surface area (Å²) >= 11 is 0. The minimum atomic E-state index is -0.650. The van der Waals surface area contributed by atoms with Crippen LogP contribution in [0.2, 0.25) is 0 Å². The maximum absolute atomic E-state index is 12.7. The summed E-state index contributed by atoms with van der Waals surface area (Å²) in [4.78, 5) is 45.7. The number of hydrogen-bond acceptors (Lipinski definition) is 6. The predicted octanol–water partition coefficient (Wildman–Crippen LogP) is 1.51. The first-order valence-electron chi connectivity index (χ1n) is 8.96. The predicted molar refractivity (Wildman–Crippen MR) is 98.3 cm³/mol. The van der Waals surface area contributed by atoms with E-state index in [1.54, 1.807) is 37.4 Å². The van der Waals surface area contributed by atoms with E-state index in [4.69, 9.17) is 4.84 Å². The lowest BCUT2D eigenvalue weighted by Crippen LogP contribution is -2.40. The van der Waals surface area contributed by atoms with E-state index in [9.17, 15) is 14.4 Å². The van der Waals surface area contributed by atoms with Crippen molar-refractivity contribution in [2.75, 3.05) is 7.05 Å². The Morgan fingerprint density at radius 3 is 2.56 bits per heavy atom. The number of nitrogens with one attached hydrogen (secondary N) is 2. The quantitative estimate of drug-likeness (QED) is 0.616. The molecule has 0 atom stereocenters. The number of hydrogen-bond donors (Lipinski definition) is 2. The fraction of sp³-hybridized carbons (Fsp3) is 0.368. The number of aliphatic imine (C=N–C) groups is 1. The van der Waals surface area contributed by atoms with Gasteiger partial charge >= 0.3 is 5.97 Å². The number of carbonyl (C=O) groups excluding carboxylic acids is 3. The molecule has 1 aromatic rings. The van der Waals surface area contributed by atoms with E-state index in [0.717, 1.165) is 32.1 Å². The minimum Gasteiger partial charge on any atom is -0.348 e. The van der Waals surface area contributed by atoms with Crippen LogP contribution in [0.3, 0.4) is 0 Å². The topological polar surface area (TPSA) is 100 Å². The zero-order valence-electron chi connectivity index (χ0n) is 15.1. The molecule has 8 heteroatoms. The van der Waals surface area contributed by atoms with Crippen molar-refractivity contribution in [1.29, 1.82) is 0 Å². The second-order valence-electron chi connectivity index (χ2n) is 6.55. The maximum Gasteiger partial charge on any atom is 0.376 e. The standard InChI is InChI=1S/C19H22N4O4/c1-23-16(19(26)27-22-23)12-15(18(25)20-14-10-6-3-7-11-14)21-17(24)13-8-4-2-5-9-13/h2,4-5,8-9,12,14,22H,3,6-7,10-11H2,1H3,(H,20,25)/b16-12-,21-15?. The Balaban J connectivity index is 1.87. The van der Waals surface area contributed by atoms with E-state index in [-0.39, 0.29) is 17.5 Å². The number of rotatable bonds is 4. The van der Waals surface area contributed by atoms with Gasteiger partial charge in [-0.3, -0.25) is 14.6 Å². The largest absolute Gasteiger partial charge is 0.376 e. The van der Waals surface area contributed by atoms with Crippen LogP contribution < -0.4 is 10.9 Å². The Morgan fingerprint density at radius 2 is 1.93 bits per heavy atom. The highest BCUT2D eigenvalue weighted by Gasteiger charge is 2.27. The Kier molecular flexibility index (Phi) is 5.97. The first-order valence-corrected chi connectivity index (χ1v) is 8.96. The van der Waals surface area contributed by atoms with Crippen molar-refractivity contribution in [2.24, 2.45) is 4.99 Å². The van der Waals surface area contributed by atoms with Gasteiger partial charge in [0.1, 0.15) is 11.4 Å². The lowest BCUT2D eigenvalue weighted by molar-refractivity contribution is -0.142. The van der Waals surface area contributed by atoms with Gasteiger partial charge in [0.25, 0.3) is 11.8 Å². The summed E-state index contributed by atoms with van der Waals surface area (Å²) in [6.45, 7) is 0. The van der Waals surface area contributed by atoms with E-state index in [1.807, 2.05) is 0 Å². The van der Waals surface area contributed by atoms with Crippen LogP contribution >= 0.6 is 0 Å². The fourth-order valence-electron chi connectivity index (χ4n) is 3.04. The second-order valence-corrected chi connectivity index (χ2v) is 6.55. The Morgan fingerprint density at radius 1 is 1.22 bits per heavy atom. The van der Waals surface area contributed by atoms with Gasteiger partial charge in [-0.2, -0.15) is 0 Å². The molecule has 2 amide bonds. The number of amides is 2. The summed E-state index contributed by atoms with van der Waals surface area (Å²) in [6, 6.07) is 8.51. The third-order valence-electron chi connectivity index (χ3n) is 4.53. The number of carbonyl (C=O) groups is 3. The molecule has 2 aliphatic rings. The van der Waals surface area contributed by atoms with Crippen molar-refractivity contribution in [3.8, 4) is 0 Å². The van der Waals surface area contributed by atoms with Gasteiger partial charge in [-0.1, -0.05) is 43.1 Å². The number of benzene rings is 1. The van der Waals surface area contributed by atoms with Crippen LogP contribution in [0.25, 0.3) is 0 Å². The third kappa shape index (κ3) is 4.79. The summed E-state index contributed by atoms with van der Waals surface area (Å²) < 4.78 is 0. The molecule has 1 saturated carbocycles. The maximum atomic E-state index is 12.7. The smallest absolute Gasteiger partial charge is 0.348 e. The van der Waals surface area contributed by atoms with Crippen LogP contribution in [-0.2, 0) is 14.4 Å². The van der Waals surface area contributed by atoms with Crippen molar-refractivity contribution in [1.82, 2.24) is 15.9 Å². The van der Waals surface area contributed by atoms with Crippen LogP contribution in [0.1, 0.15) is 42.5 Å². The zero-order chi connectivity index (χ0) is 19.2. The molecule has 1 heterocycles. The van der Waals surface area contributed by atoms with Crippen molar-refractivity contribution in [3.05, 3.63) is 47.7 Å². The summed E-state index contributed by atoms with van der Waals surface area (Å²) in [5.41, 5.74) is 2.70. The van der Waals surface area contributed by atoms with Crippen LogP contribution in [0.4, 0.5) is 0 Å². The van der Waals surface area contributed by atoms with Crippen molar-refractivity contribution >= 4 is 23.5 Å². The number of nitrogens with zero attached hydrogens (tertiary/aromatic N) is 2. The molecule has 27 heavy (non-hydrogen) atoms. The first-order chi connectivity index (χ1) is 13.0. The Labute approximate surface area is 157 Å². The average molecular weight is 370 g/mol. The van der Waals surface area contributed by atoms with E-state index in [1.165, 1.54) is 11.1 Å². The molecule has 142 valence electrons. The highest BCUT2D eigenvalue weighted by molar-refractivity contribution is 6.45. The normalized spacial score (nSPS) is 19.9. The van der Waals surface area contributed by atoms with Gasteiger partial charge in [-0.15, -0.1) is 0 Å². The number of likely N-dealkylation sites (N-methyl/N-ethyl adjacent to an activating group) is 1. The van der Waals surface area contributed by atoms with Crippen LogP contribution in [0.15, 0.2) is 47.1 Å². The first kappa shape index (κ1) is 18.8. The molecule has 0 bridgehead atoms. The van der Waals surface area contributed by atoms with E-state index < -0.39 is 17.8 Å². The minimum absolute atomic E-state index is 0.0491. The lowest BCUT2D eigenvalue weighted by atomic mass is 9.95. The highest BCUT2D eigenvalue weighted by Crippen LogP contribution is 2.17. The van der Waals surface area contributed by atoms with Gasteiger partial charge < -0.3 is 10.2 Å². The van der Waals surface area contributed by atoms with Crippen molar-refractivity contribution in [2.45, 2.75) is 38.1 Å². The molecule has 1 aliphatic carbocycles. The van der Waals surface area contributed by atoms with Gasteiger partial charge in [0, 0.05) is 24.7 Å². The summed E-state index contributed by atoms with van der Waals surface area (Å²) in [5.74, 6) is -1.68. The van der Waals surface area contributed by atoms with E-state index in [0.29, 0.717) is 5.56 Å². The molecule has 3 rings (SSSR count).